The largest absolute Gasteiger partial charge is 0.410 e. The number of hydrogen-bond donors (Lipinski definition) is 2. The molecule has 0 saturated carbocycles. The third kappa shape index (κ3) is 3.46. The van der Waals surface area contributed by atoms with Crippen LogP contribution in [0.3, 0.4) is 0 Å². The molecule has 2 N–H and O–H groups in total. The number of oxime groups is 1. The van der Waals surface area contributed by atoms with Crippen molar-refractivity contribution >= 4 is 23.4 Å². The Labute approximate surface area is 149 Å². The van der Waals surface area contributed by atoms with Crippen molar-refractivity contribution in [3.8, 4) is 0 Å². The standard InChI is InChI=1S/C19H17N3O4/c23-17(20-11-13-7-3-1-4-8-13)15-16(21-26)19(25)22(18(15)24)12-14-9-5-2-6-10-14/h1-10,15,26H,11-12H2,(H,20,23)/b21-16+/t15-/m1/s1. The molecule has 26 heavy (non-hydrogen) atoms. The lowest BCUT2D eigenvalue weighted by Crippen LogP contribution is -2.38. The Morgan fingerprint density at radius 2 is 1.58 bits per heavy atom. The zero-order chi connectivity index (χ0) is 18.5. The zero-order valence-electron chi connectivity index (χ0n) is 13.8. The molecular weight excluding hydrogens is 334 g/mol. The highest BCUT2D eigenvalue weighted by atomic mass is 16.4. The fraction of sp³-hybridized carbons (Fsp3) is 0.158. The van der Waals surface area contributed by atoms with Gasteiger partial charge in [-0.1, -0.05) is 65.8 Å². The van der Waals surface area contributed by atoms with Crippen molar-refractivity contribution < 1.29 is 19.6 Å². The van der Waals surface area contributed by atoms with Crippen LogP contribution in [-0.4, -0.2) is 33.5 Å². The van der Waals surface area contributed by atoms with E-state index in [1.807, 2.05) is 36.4 Å². The summed E-state index contributed by atoms with van der Waals surface area (Å²) in [4.78, 5) is 38.3. The van der Waals surface area contributed by atoms with Gasteiger partial charge in [0.15, 0.2) is 11.6 Å². The van der Waals surface area contributed by atoms with E-state index in [2.05, 4.69) is 10.5 Å². The van der Waals surface area contributed by atoms with Crippen LogP contribution in [0.4, 0.5) is 0 Å². The molecule has 0 bridgehead atoms. The molecule has 0 unspecified atom stereocenters. The highest BCUT2D eigenvalue weighted by Crippen LogP contribution is 2.20. The van der Waals surface area contributed by atoms with Gasteiger partial charge in [-0.2, -0.15) is 0 Å². The summed E-state index contributed by atoms with van der Waals surface area (Å²) in [6.07, 6.45) is 0. The van der Waals surface area contributed by atoms with Gasteiger partial charge in [0.25, 0.3) is 5.91 Å². The molecule has 1 atom stereocenters. The molecule has 0 aliphatic carbocycles. The number of nitrogens with zero attached hydrogens (tertiary/aromatic N) is 2. The SMILES string of the molecule is O=C(NCc1ccccc1)[C@@H]1C(=O)N(Cc2ccccc2)C(=O)/C1=N/O. The molecule has 3 amide bonds. The van der Waals surface area contributed by atoms with Crippen LogP contribution in [-0.2, 0) is 27.5 Å². The topological polar surface area (TPSA) is 99.1 Å². The number of carbonyl (C=O) groups is 3. The lowest BCUT2D eigenvalue weighted by molar-refractivity contribution is -0.141. The predicted octanol–water partition coefficient (Wildman–Crippen LogP) is 1.32. The molecule has 1 heterocycles. The summed E-state index contributed by atoms with van der Waals surface area (Å²) in [5.74, 6) is -3.58. The van der Waals surface area contributed by atoms with E-state index < -0.39 is 29.4 Å². The van der Waals surface area contributed by atoms with Crippen LogP contribution in [0.15, 0.2) is 65.8 Å². The van der Waals surface area contributed by atoms with Crippen molar-refractivity contribution in [2.24, 2.45) is 11.1 Å². The number of hydrogen-bond acceptors (Lipinski definition) is 5. The van der Waals surface area contributed by atoms with Crippen LogP contribution in [0.1, 0.15) is 11.1 Å². The van der Waals surface area contributed by atoms with E-state index in [0.717, 1.165) is 16.0 Å². The monoisotopic (exact) mass is 351 g/mol. The minimum Gasteiger partial charge on any atom is -0.410 e. The number of carbonyl (C=O) groups excluding carboxylic acids is 3. The van der Waals surface area contributed by atoms with E-state index in [0.29, 0.717) is 0 Å². The fourth-order valence-electron chi connectivity index (χ4n) is 2.77. The second-order valence-electron chi connectivity index (χ2n) is 5.84. The smallest absolute Gasteiger partial charge is 0.279 e. The first kappa shape index (κ1) is 17.3. The number of nitrogens with one attached hydrogen (secondary N) is 1. The second kappa shape index (κ2) is 7.60. The summed E-state index contributed by atoms with van der Waals surface area (Å²) in [6.45, 7) is 0.217. The van der Waals surface area contributed by atoms with Gasteiger partial charge in [0, 0.05) is 6.54 Å². The molecule has 1 fully saturated rings. The Bertz CT molecular complexity index is 850. The van der Waals surface area contributed by atoms with Gasteiger partial charge in [0.05, 0.1) is 6.54 Å². The van der Waals surface area contributed by atoms with E-state index in [9.17, 15) is 14.4 Å². The van der Waals surface area contributed by atoms with Crippen LogP contribution in [0.2, 0.25) is 0 Å². The summed E-state index contributed by atoms with van der Waals surface area (Å²) in [5, 5.41) is 14.7. The maximum Gasteiger partial charge on any atom is 0.279 e. The normalized spacial score (nSPS) is 18.4. The summed E-state index contributed by atoms with van der Waals surface area (Å²) in [6, 6.07) is 18.1. The Balaban J connectivity index is 1.74. The minimum absolute atomic E-state index is 0.0139. The van der Waals surface area contributed by atoms with E-state index in [1.54, 1.807) is 24.3 Å². The molecule has 2 aromatic carbocycles. The molecular formula is C19H17N3O4. The fourth-order valence-corrected chi connectivity index (χ4v) is 2.77. The molecule has 2 aromatic rings. The summed E-state index contributed by atoms with van der Waals surface area (Å²) >= 11 is 0. The van der Waals surface area contributed by atoms with E-state index in [1.165, 1.54) is 0 Å². The third-order valence-corrected chi connectivity index (χ3v) is 4.11. The van der Waals surface area contributed by atoms with Crippen molar-refractivity contribution in [3.63, 3.8) is 0 Å². The van der Waals surface area contributed by atoms with Gasteiger partial charge in [-0.3, -0.25) is 19.3 Å². The van der Waals surface area contributed by atoms with Gasteiger partial charge in [0.2, 0.25) is 11.8 Å². The maximum atomic E-state index is 12.6. The van der Waals surface area contributed by atoms with Gasteiger partial charge < -0.3 is 10.5 Å². The lowest BCUT2D eigenvalue weighted by atomic mass is 10.1. The number of rotatable bonds is 5. The maximum absolute atomic E-state index is 12.6. The quantitative estimate of drug-likeness (QED) is 0.367. The van der Waals surface area contributed by atoms with Crippen LogP contribution in [0.25, 0.3) is 0 Å². The van der Waals surface area contributed by atoms with Crippen LogP contribution < -0.4 is 5.32 Å². The van der Waals surface area contributed by atoms with Crippen LogP contribution in [0.5, 0.6) is 0 Å². The molecule has 132 valence electrons. The van der Waals surface area contributed by atoms with Crippen molar-refractivity contribution in [1.82, 2.24) is 10.2 Å². The predicted molar refractivity (Wildman–Crippen MR) is 93.0 cm³/mol. The van der Waals surface area contributed by atoms with Crippen LogP contribution in [0, 0.1) is 5.92 Å². The lowest BCUT2D eigenvalue weighted by Gasteiger charge is -2.14. The third-order valence-electron chi connectivity index (χ3n) is 4.11. The van der Waals surface area contributed by atoms with Gasteiger partial charge in [0.1, 0.15) is 0 Å². The van der Waals surface area contributed by atoms with Gasteiger partial charge in [-0.15, -0.1) is 0 Å². The van der Waals surface area contributed by atoms with Crippen LogP contribution >= 0.6 is 0 Å². The Hall–Kier alpha value is -3.48. The number of amides is 3. The molecule has 0 aromatic heterocycles. The second-order valence-corrected chi connectivity index (χ2v) is 5.84. The highest BCUT2D eigenvalue weighted by Gasteiger charge is 2.49. The van der Waals surface area contributed by atoms with Crippen molar-refractivity contribution in [3.05, 3.63) is 71.8 Å². The molecule has 7 nitrogen and oxygen atoms in total. The van der Waals surface area contributed by atoms with E-state index in [-0.39, 0.29) is 13.1 Å². The molecule has 0 spiro atoms. The first-order valence-corrected chi connectivity index (χ1v) is 8.05. The first-order valence-electron chi connectivity index (χ1n) is 8.05. The highest BCUT2D eigenvalue weighted by molar-refractivity contribution is 6.54. The van der Waals surface area contributed by atoms with Gasteiger partial charge in [-0.25, -0.2) is 0 Å². The zero-order valence-corrected chi connectivity index (χ0v) is 13.8. The minimum atomic E-state index is -1.44. The average molecular weight is 351 g/mol. The summed E-state index contributed by atoms with van der Waals surface area (Å²) in [5.41, 5.74) is 1.12. The molecule has 3 rings (SSSR count). The molecule has 1 aliphatic heterocycles. The average Bonchev–Trinajstić information content (AvgIpc) is 2.92. The van der Waals surface area contributed by atoms with E-state index >= 15 is 0 Å². The Kier molecular flexibility index (Phi) is 5.07. The Morgan fingerprint density at radius 3 is 2.15 bits per heavy atom. The molecule has 0 radical (unpaired) electrons. The van der Waals surface area contributed by atoms with Crippen molar-refractivity contribution in [2.75, 3.05) is 0 Å². The number of benzene rings is 2. The first-order chi connectivity index (χ1) is 12.6. The summed E-state index contributed by atoms with van der Waals surface area (Å²) < 4.78 is 0. The van der Waals surface area contributed by atoms with Gasteiger partial charge >= 0.3 is 0 Å². The Morgan fingerprint density at radius 1 is 1.00 bits per heavy atom. The van der Waals surface area contributed by atoms with Crippen molar-refractivity contribution in [1.29, 1.82) is 0 Å². The molecule has 1 saturated heterocycles. The summed E-state index contributed by atoms with van der Waals surface area (Å²) in [7, 11) is 0. The van der Waals surface area contributed by atoms with Crippen molar-refractivity contribution in [2.45, 2.75) is 13.1 Å². The molecule has 1 aliphatic rings. The number of imide groups is 1. The number of likely N-dealkylation sites (tertiary alicyclic amines) is 1. The van der Waals surface area contributed by atoms with E-state index in [4.69, 9.17) is 5.21 Å². The molecule has 7 heteroatoms. The van der Waals surface area contributed by atoms with Gasteiger partial charge in [-0.05, 0) is 11.1 Å².